The Morgan fingerprint density at radius 1 is 0.760 bits per heavy atom. The fourth-order valence-corrected chi connectivity index (χ4v) is 3.67. The van der Waals surface area contributed by atoms with Crippen LogP contribution in [0.5, 0.6) is 0 Å². The van der Waals surface area contributed by atoms with Gasteiger partial charge in [-0.05, 0) is 26.2 Å². The Kier molecular flexibility index (Phi) is 12.7. The zero-order valence-electron chi connectivity index (χ0n) is 16.8. The molecule has 1 amide bonds. The SMILES string of the molecule is CCCCCCCCCCCCCCCC(=O)N[C@H]1C[C@@H](C(C)=O)C1. The second-order valence-electron chi connectivity index (χ2n) is 8.04. The maximum atomic E-state index is 11.8. The molecule has 1 aliphatic carbocycles. The van der Waals surface area contributed by atoms with Gasteiger partial charge in [0.05, 0.1) is 0 Å². The Hall–Kier alpha value is -0.860. The number of carbonyl (C=O) groups is 2. The predicted molar refractivity (Wildman–Crippen MR) is 106 cm³/mol. The Balaban J connectivity index is 1.77. The minimum absolute atomic E-state index is 0.176. The number of carbonyl (C=O) groups excluding carboxylic acids is 2. The summed E-state index contributed by atoms with van der Waals surface area (Å²) in [6, 6.07) is 0.253. The monoisotopic (exact) mass is 351 g/mol. The van der Waals surface area contributed by atoms with E-state index in [2.05, 4.69) is 12.2 Å². The molecule has 0 aromatic carbocycles. The average molecular weight is 352 g/mol. The molecule has 1 saturated carbocycles. The van der Waals surface area contributed by atoms with Gasteiger partial charge in [-0.1, -0.05) is 84.0 Å². The second kappa shape index (κ2) is 14.3. The van der Waals surface area contributed by atoms with Crippen LogP contribution in [0, 0.1) is 5.92 Å². The fourth-order valence-electron chi connectivity index (χ4n) is 3.67. The first-order chi connectivity index (χ1) is 12.1. The minimum atomic E-state index is 0.176. The normalized spacial score (nSPS) is 19.4. The van der Waals surface area contributed by atoms with Gasteiger partial charge in [0.2, 0.25) is 5.91 Å². The van der Waals surface area contributed by atoms with Crippen molar-refractivity contribution in [3.63, 3.8) is 0 Å². The van der Waals surface area contributed by atoms with Crippen LogP contribution in [0.4, 0.5) is 0 Å². The van der Waals surface area contributed by atoms with Crippen LogP contribution in [-0.4, -0.2) is 17.7 Å². The Labute approximate surface area is 155 Å². The van der Waals surface area contributed by atoms with E-state index in [0.717, 1.165) is 19.3 Å². The summed E-state index contributed by atoms with van der Waals surface area (Å²) in [5.41, 5.74) is 0. The molecule has 0 aromatic rings. The standard InChI is InChI=1S/C22H41NO2/c1-3-4-5-6-7-8-9-10-11-12-13-14-15-16-22(25)23-21-17-20(18-21)19(2)24/h20-21H,3-18H2,1-2H3,(H,23,25)/t20-,21+. The van der Waals surface area contributed by atoms with Crippen LogP contribution in [0.25, 0.3) is 0 Å². The number of Topliss-reactive ketones (excluding diaryl/α,β-unsaturated/α-hetero) is 1. The van der Waals surface area contributed by atoms with Gasteiger partial charge < -0.3 is 5.32 Å². The topological polar surface area (TPSA) is 46.2 Å². The molecule has 0 heterocycles. The van der Waals surface area contributed by atoms with Crippen molar-refractivity contribution in [2.75, 3.05) is 0 Å². The molecule has 0 saturated heterocycles. The van der Waals surface area contributed by atoms with E-state index in [4.69, 9.17) is 0 Å². The van der Waals surface area contributed by atoms with E-state index in [1.165, 1.54) is 77.0 Å². The number of amides is 1. The summed E-state index contributed by atoms with van der Waals surface area (Å²) in [4.78, 5) is 23.0. The summed E-state index contributed by atoms with van der Waals surface area (Å²) in [7, 11) is 0. The summed E-state index contributed by atoms with van der Waals surface area (Å²) >= 11 is 0. The first-order valence-corrected chi connectivity index (χ1v) is 10.9. The van der Waals surface area contributed by atoms with Gasteiger partial charge in [0.25, 0.3) is 0 Å². The van der Waals surface area contributed by atoms with E-state index in [1.807, 2.05) is 0 Å². The zero-order chi connectivity index (χ0) is 18.3. The number of rotatable bonds is 16. The lowest BCUT2D eigenvalue weighted by atomic mass is 9.78. The van der Waals surface area contributed by atoms with Crippen molar-refractivity contribution in [2.24, 2.45) is 5.92 Å². The lowest BCUT2D eigenvalue weighted by molar-refractivity contribution is -0.127. The zero-order valence-corrected chi connectivity index (χ0v) is 16.8. The van der Waals surface area contributed by atoms with E-state index >= 15 is 0 Å². The Morgan fingerprint density at radius 3 is 1.64 bits per heavy atom. The van der Waals surface area contributed by atoms with Crippen LogP contribution in [-0.2, 0) is 9.59 Å². The van der Waals surface area contributed by atoms with Crippen LogP contribution in [0.1, 0.15) is 117 Å². The first-order valence-electron chi connectivity index (χ1n) is 10.9. The Morgan fingerprint density at radius 2 is 1.20 bits per heavy atom. The molecule has 3 nitrogen and oxygen atoms in total. The van der Waals surface area contributed by atoms with Gasteiger partial charge in [-0.25, -0.2) is 0 Å². The minimum Gasteiger partial charge on any atom is -0.353 e. The van der Waals surface area contributed by atoms with E-state index < -0.39 is 0 Å². The van der Waals surface area contributed by atoms with Gasteiger partial charge in [0, 0.05) is 18.4 Å². The summed E-state index contributed by atoms with van der Waals surface area (Å²) in [6.45, 7) is 3.92. The van der Waals surface area contributed by atoms with Gasteiger partial charge in [-0.3, -0.25) is 9.59 Å². The maximum absolute atomic E-state index is 11.8. The lowest BCUT2D eigenvalue weighted by Crippen LogP contribution is -2.46. The molecule has 3 heteroatoms. The molecule has 0 bridgehead atoms. The highest BCUT2D eigenvalue weighted by Crippen LogP contribution is 2.28. The number of hydrogen-bond acceptors (Lipinski definition) is 2. The number of hydrogen-bond donors (Lipinski definition) is 1. The smallest absolute Gasteiger partial charge is 0.220 e. The van der Waals surface area contributed by atoms with Crippen molar-refractivity contribution in [1.82, 2.24) is 5.32 Å². The molecular formula is C22H41NO2. The molecule has 1 rings (SSSR count). The molecule has 1 aliphatic rings. The number of unbranched alkanes of at least 4 members (excludes halogenated alkanes) is 12. The molecular weight excluding hydrogens is 310 g/mol. The molecule has 0 atom stereocenters. The van der Waals surface area contributed by atoms with Crippen LogP contribution >= 0.6 is 0 Å². The predicted octanol–water partition coefficient (Wildman–Crippen LogP) is 5.95. The van der Waals surface area contributed by atoms with E-state index in [9.17, 15) is 9.59 Å². The van der Waals surface area contributed by atoms with Crippen molar-refractivity contribution in [1.29, 1.82) is 0 Å². The third kappa shape index (κ3) is 11.4. The quantitative estimate of drug-likeness (QED) is 0.349. The van der Waals surface area contributed by atoms with Crippen LogP contribution in [0.15, 0.2) is 0 Å². The first kappa shape index (κ1) is 22.2. The Bertz CT molecular complexity index is 361. The van der Waals surface area contributed by atoms with Gasteiger partial charge in [0.15, 0.2) is 0 Å². The number of nitrogens with one attached hydrogen (secondary N) is 1. The van der Waals surface area contributed by atoms with Crippen molar-refractivity contribution >= 4 is 11.7 Å². The van der Waals surface area contributed by atoms with E-state index in [-0.39, 0.29) is 23.7 Å². The highest BCUT2D eigenvalue weighted by atomic mass is 16.1. The number of ketones is 1. The molecule has 146 valence electrons. The molecule has 1 N–H and O–H groups in total. The summed E-state index contributed by atoms with van der Waals surface area (Å²) in [5, 5.41) is 3.05. The third-order valence-electron chi connectivity index (χ3n) is 5.59. The largest absolute Gasteiger partial charge is 0.353 e. The molecule has 0 spiro atoms. The molecule has 0 aliphatic heterocycles. The second-order valence-corrected chi connectivity index (χ2v) is 8.04. The van der Waals surface area contributed by atoms with E-state index in [1.54, 1.807) is 6.92 Å². The molecule has 1 fully saturated rings. The average Bonchev–Trinajstić information content (AvgIpc) is 2.54. The van der Waals surface area contributed by atoms with Gasteiger partial charge >= 0.3 is 0 Å². The van der Waals surface area contributed by atoms with Gasteiger partial charge in [0.1, 0.15) is 5.78 Å². The highest BCUT2D eigenvalue weighted by Gasteiger charge is 2.32. The summed E-state index contributed by atoms with van der Waals surface area (Å²) in [5.74, 6) is 0.638. The molecule has 25 heavy (non-hydrogen) atoms. The third-order valence-corrected chi connectivity index (χ3v) is 5.59. The van der Waals surface area contributed by atoms with E-state index in [0.29, 0.717) is 6.42 Å². The van der Waals surface area contributed by atoms with Crippen LogP contribution in [0.3, 0.4) is 0 Å². The van der Waals surface area contributed by atoms with Crippen molar-refractivity contribution in [2.45, 2.75) is 123 Å². The van der Waals surface area contributed by atoms with Crippen molar-refractivity contribution < 1.29 is 9.59 Å². The van der Waals surface area contributed by atoms with Gasteiger partial charge in [-0.2, -0.15) is 0 Å². The highest BCUT2D eigenvalue weighted by molar-refractivity contribution is 5.80. The molecule has 0 unspecified atom stereocenters. The van der Waals surface area contributed by atoms with Crippen molar-refractivity contribution in [3.8, 4) is 0 Å². The fraction of sp³-hybridized carbons (Fsp3) is 0.909. The molecule has 0 aromatic heterocycles. The lowest BCUT2D eigenvalue weighted by Gasteiger charge is -2.34. The van der Waals surface area contributed by atoms with Crippen molar-refractivity contribution in [3.05, 3.63) is 0 Å². The maximum Gasteiger partial charge on any atom is 0.220 e. The van der Waals surface area contributed by atoms with Crippen LogP contribution < -0.4 is 5.32 Å². The summed E-state index contributed by atoms with van der Waals surface area (Å²) < 4.78 is 0. The molecule has 0 radical (unpaired) electrons. The van der Waals surface area contributed by atoms with Gasteiger partial charge in [-0.15, -0.1) is 0 Å². The summed E-state index contributed by atoms with van der Waals surface area (Å²) in [6.07, 6.45) is 19.7. The van der Waals surface area contributed by atoms with Crippen LogP contribution in [0.2, 0.25) is 0 Å².